The summed E-state index contributed by atoms with van der Waals surface area (Å²) in [6.07, 6.45) is 0. The number of methoxy groups -OCH3 is 1. The Labute approximate surface area is 121 Å². The Morgan fingerprint density at radius 3 is 2.48 bits per heavy atom. The fraction of sp³-hybridized carbons (Fsp3) is 0.385. The Bertz CT molecular complexity index is 726. The Kier molecular flexibility index (Phi) is 3.53. The van der Waals surface area contributed by atoms with Gasteiger partial charge in [0.1, 0.15) is 6.54 Å². The zero-order chi connectivity index (χ0) is 16.0. The van der Waals surface area contributed by atoms with E-state index < -0.39 is 38.8 Å². The second-order valence-corrected chi connectivity index (χ2v) is 7.51. The third-order valence-corrected chi connectivity index (χ3v) is 5.78. The summed E-state index contributed by atoms with van der Waals surface area (Å²) in [5.74, 6) is -2.07. The Balaban J connectivity index is 2.20. The van der Waals surface area contributed by atoms with Crippen LogP contribution in [0.25, 0.3) is 0 Å². The second kappa shape index (κ2) is 4.80. The highest BCUT2D eigenvalue weighted by Crippen LogP contribution is 2.34. The van der Waals surface area contributed by atoms with E-state index in [1.54, 1.807) is 0 Å². The van der Waals surface area contributed by atoms with E-state index >= 15 is 0 Å². The van der Waals surface area contributed by atoms with Gasteiger partial charge >= 0.3 is 0 Å². The molecule has 21 heavy (non-hydrogen) atoms. The van der Waals surface area contributed by atoms with Crippen LogP contribution in [0.4, 0.5) is 4.39 Å². The van der Waals surface area contributed by atoms with Gasteiger partial charge in [0.05, 0.1) is 7.11 Å². The molecule has 2 rings (SSSR count). The molecule has 1 aliphatic rings. The van der Waals surface area contributed by atoms with Crippen molar-refractivity contribution in [1.29, 1.82) is 0 Å². The molecule has 1 aromatic carbocycles. The number of sulfonamides is 1. The van der Waals surface area contributed by atoms with E-state index in [0.29, 0.717) is 4.31 Å². The number of hydrogen-bond acceptors (Lipinski definition) is 5. The third kappa shape index (κ3) is 2.19. The summed E-state index contributed by atoms with van der Waals surface area (Å²) in [7, 11) is -2.55. The number of amides is 1. The van der Waals surface area contributed by atoms with Crippen LogP contribution < -0.4 is 4.74 Å². The summed E-state index contributed by atoms with van der Waals surface area (Å²) in [6, 6.07) is 3.52. The van der Waals surface area contributed by atoms with Gasteiger partial charge in [0.15, 0.2) is 22.1 Å². The smallest absolute Gasteiger partial charge is 0.259 e. The molecule has 114 valence electrons. The topological polar surface area (TPSA) is 80.8 Å². The molecular formula is C13H14FNO5S. The molecule has 1 aromatic rings. The van der Waals surface area contributed by atoms with Crippen molar-refractivity contribution in [3.63, 3.8) is 0 Å². The highest BCUT2D eigenvalue weighted by atomic mass is 32.2. The van der Waals surface area contributed by atoms with Gasteiger partial charge in [-0.3, -0.25) is 9.59 Å². The molecule has 0 aliphatic carbocycles. The van der Waals surface area contributed by atoms with Crippen LogP contribution in [0.15, 0.2) is 18.2 Å². The van der Waals surface area contributed by atoms with Gasteiger partial charge in [-0.15, -0.1) is 0 Å². The van der Waals surface area contributed by atoms with Crippen molar-refractivity contribution < 1.29 is 27.1 Å². The summed E-state index contributed by atoms with van der Waals surface area (Å²) >= 11 is 0. The van der Waals surface area contributed by atoms with E-state index in [1.807, 2.05) is 0 Å². The molecule has 1 amide bonds. The van der Waals surface area contributed by atoms with Gasteiger partial charge in [-0.1, -0.05) is 0 Å². The maximum atomic E-state index is 13.5. The summed E-state index contributed by atoms with van der Waals surface area (Å²) in [4.78, 5) is 23.7. The van der Waals surface area contributed by atoms with E-state index in [0.717, 1.165) is 6.07 Å². The monoisotopic (exact) mass is 315 g/mol. The molecule has 1 aliphatic heterocycles. The Morgan fingerprint density at radius 1 is 1.38 bits per heavy atom. The quantitative estimate of drug-likeness (QED) is 0.773. The molecule has 6 nitrogen and oxygen atoms in total. The van der Waals surface area contributed by atoms with E-state index in [9.17, 15) is 22.4 Å². The largest absolute Gasteiger partial charge is 0.494 e. The predicted octanol–water partition coefficient (Wildman–Crippen LogP) is 0.968. The summed E-state index contributed by atoms with van der Waals surface area (Å²) in [5, 5.41) is 0. The van der Waals surface area contributed by atoms with Crippen molar-refractivity contribution >= 4 is 21.7 Å². The van der Waals surface area contributed by atoms with Crippen LogP contribution in [-0.2, 0) is 14.8 Å². The molecule has 0 spiro atoms. The van der Waals surface area contributed by atoms with Crippen molar-refractivity contribution in [2.75, 3.05) is 13.7 Å². The Morgan fingerprint density at radius 2 is 2.00 bits per heavy atom. The molecule has 1 heterocycles. The van der Waals surface area contributed by atoms with Gasteiger partial charge in [0.2, 0.25) is 0 Å². The van der Waals surface area contributed by atoms with Crippen LogP contribution in [0, 0.1) is 5.82 Å². The predicted molar refractivity (Wildman–Crippen MR) is 72.0 cm³/mol. The highest BCUT2D eigenvalue weighted by Gasteiger charge is 2.60. The van der Waals surface area contributed by atoms with Crippen LogP contribution in [0.5, 0.6) is 5.75 Å². The van der Waals surface area contributed by atoms with Crippen molar-refractivity contribution in [1.82, 2.24) is 4.31 Å². The minimum absolute atomic E-state index is 0.0268. The zero-order valence-corrected chi connectivity index (χ0v) is 12.5. The lowest BCUT2D eigenvalue weighted by Gasteiger charge is -2.42. The molecule has 0 aromatic heterocycles. The number of benzene rings is 1. The van der Waals surface area contributed by atoms with Gasteiger partial charge in [-0.05, 0) is 32.0 Å². The zero-order valence-electron chi connectivity index (χ0n) is 11.7. The Hall–Kier alpha value is -1.96. The average Bonchev–Trinajstić information content (AvgIpc) is 2.43. The molecule has 0 atom stereocenters. The van der Waals surface area contributed by atoms with Crippen molar-refractivity contribution in [3.05, 3.63) is 29.6 Å². The first-order valence-corrected chi connectivity index (χ1v) is 7.50. The molecule has 0 bridgehead atoms. The van der Waals surface area contributed by atoms with Gasteiger partial charge in [0.25, 0.3) is 15.9 Å². The van der Waals surface area contributed by atoms with Gasteiger partial charge in [0, 0.05) is 5.56 Å². The molecule has 1 fully saturated rings. The lowest BCUT2D eigenvalue weighted by atomic mass is 10.1. The van der Waals surface area contributed by atoms with E-state index in [-0.39, 0.29) is 11.3 Å². The number of carbonyl (C=O) groups excluding carboxylic acids is 2. The van der Waals surface area contributed by atoms with Crippen LogP contribution in [0.1, 0.15) is 24.2 Å². The maximum Gasteiger partial charge on any atom is 0.259 e. The molecule has 0 N–H and O–H groups in total. The first-order valence-electron chi connectivity index (χ1n) is 6.06. The van der Waals surface area contributed by atoms with Gasteiger partial charge in [-0.2, -0.15) is 0 Å². The second-order valence-electron chi connectivity index (χ2n) is 5.10. The lowest BCUT2D eigenvalue weighted by Crippen LogP contribution is -2.68. The minimum Gasteiger partial charge on any atom is -0.494 e. The number of ether oxygens (including phenoxy) is 1. The average molecular weight is 315 g/mol. The van der Waals surface area contributed by atoms with Gasteiger partial charge < -0.3 is 4.74 Å². The number of rotatable bonds is 4. The fourth-order valence-electron chi connectivity index (χ4n) is 1.97. The number of ketones is 1. The summed E-state index contributed by atoms with van der Waals surface area (Å²) in [5.41, 5.74) is -0.0268. The van der Waals surface area contributed by atoms with Crippen LogP contribution >= 0.6 is 0 Å². The minimum atomic E-state index is -3.83. The maximum absolute atomic E-state index is 13.5. The fourth-order valence-corrected chi connectivity index (χ4v) is 3.46. The molecule has 0 saturated carbocycles. The van der Waals surface area contributed by atoms with Crippen LogP contribution in [0.2, 0.25) is 0 Å². The molecule has 8 heteroatoms. The summed E-state index contributed by atoms with van der Waals surface area (Å²) in [6.45, 7) is 1.92. The molecule has 0 unspecified atom stereocenters. The number of nitrogens with zero attached hydrogens (tertiary/aromatic N) is 1. The number of Topliss-reactive ketones (excluding diaryl/α,β-unsaturated/α-hetero) is 1. The number of hydrogen-bond donors (Lipinski definition) is 0. The third-order valence-electron chi connectivity index (χ3n) is 3.44. The molecule has 1 saturated heterocycles. The van der Waals surface area contributed by atoms with Crippen molar-refractivity contribution in [2.24, 2.45) is 0 Å². The van der Waals surface area contributed by atoms with Crippen molar-refractivity contribution in [2.45, 2.75) is 18.6 Å². The molecular weight excluding hydrogens is 301 g/mol. The highest BCUT2D eigenvalue weighted by molar-refractivity contribution is 7.94. The number of carbonyl (C=O) groups is 2. The van der Waals surface area contributed by atoms with Crippen molar-refractivity contribution in [3.8, 4) is 5.75 Å². The normalized spacial score (nSPS) is 19.0. The van der Waals surface area contributed by atoms with Gasteiger partial charge in [-0.25, -0.2) is 17.1 Å². The molecule has 0 radical (unpaired) electrons. The standard InChI is InChI=1S/C13H14FNO5S/c1-13(2)12(17)15(21(13,18)19)7-10(16)8-4-5-11(20-3)9(14)6-8/h4-6H,7H2,1-3H3. The van der Waals surface area contributed by atoms with E-state index in [2.05, 4.69) is 0 Å². The van der Waals surface area contributed by atoms with E-state index in [1.165, 1.54) is 33.1 Å². The van der Waals surface area contributed by atoms with E-state index in [4.69, 9.17) is 4.74 Å². The number of halogens is 1. The lowest BCUT2D eigenvalue weighted by molar-refractivity contribution is -0.131. The SMILES string of the molecule is COc1ccc(C(=O)CN2C(=O)C(C)(C)S2(=O)=O)cc1F. The van der Waals surface area contributed by atoms with Crippen LogP contribution in [0.3, 0.4) is 0 Å². The first kappa shape index (κ1) is 15.4. The first-order chi connectivity index (χ1) is 9.62. The summed E-state index contributed by atoms with van der Waals surface area (Å²) < 4.78 is 41.0. The van der Waals surface area contributed by atoms with Crippen LogP contribution in [-0.4, -0.2) is 42.8 Å².